The van der Waals surface area contributed by atoms with Gasteiger partial charge in [-0.15, -0.1) is 11.3 Å². The van der Waals surface area contributed by atoms with Gasteiger partial charge < -0.3 is 0 Å². The predicted octanol–water partition coefficient (Wildman–Crippen LogP) is 3.83. The smallest absolute Gasteiger partial charge is 0.194 e. The maximum absolute atomic E-state index is 13.8. The molecule has 0 saturated heterocycles. The molecule has 0 aliphatic heterocycles. The zero-order valence-corrected chi connectivity index (χ0v) is 10.8. The van der Waals surface area contributed by atoms with Crippen LogP contribution in [0.5, 0.6) is 0 Å². The highest BCUT2D eigenvalue weighted by Crippen LogP contribution is 2.33. The minimum absolute atomic E-state index is 0.351. The lowest BCUT2D eigenvalue weighted by Gasteiger charge is -1.98. The molecule has 2 nitrogen and oxygen atoms in total. The Kier molecular flexibility index (Phi) is 2.26. The van der Waals surface area contributed by atoms with Crippen molar-refractivity contribution in [2.24, 2.45) is 0 Å². The van der Waals surface area contributed by atoms with E-state index in [1.807, 2.05) is 10.6 Å². The van der Waals surface area contributed by atoms with Crippen molar-refractivity contribution in [3.63, 3.8) is 0 Å². The zero-order chi connectivity index (χ0) is 13.0. The van der Waals surface area contributed by atoms with E-state index in [9.17, 15) is 8.78 Å². The van der Waals surface area contributed by atoms with Crippen LogP contribution in [0.1, 0.15) is 17.0 Å². The van der Waals surface area contributed by atoms with E-state index in [1.165, 1.54) is 29.1 Å². The molecule has 0 atom stereocenters. The number of nitrogens with zero attached hydrogens (tertiary/aromatic N) is 2. The molecule has 0 saturated carbocycles. The molecule has 1 aliphatic carbocycles. The number of imidazole rings is 1. The third-order valence-electron chi connectivity index (χ3n) is 3.53. The summed E-state index contributed by atoms with van der Waals surface area (Å²) in [6.45, 7) is 0. The molecule has 0 bridgehead atoms. The van der Waals surface area contributed by atoms with E-state index >= 15 is 0 Å². The van der Waals surface area contributed by atoms with Gasteiger partial charge in [0.1, 0.15) is 11.6 Å². The number of hydrogen-bond acceptors (Lipinski definition) is 2. The summed E-state index contributed by atoms with van der Waals surface area (Å²) in [5.74, 6) is -1.13. The Morgan fingerprint density at radius 3 is 2.95 bits per heavy atom. The molecule has 0 unspecified atom stereocenters. The first-order valence-corrected chi connectivity index (χ1v) is 6.99. The number of hydrogen-bond donors (Lipinski definition) is 0. The number of benzene rings is 1. The third kappa shape index (κ3) is 1.61. The summed E-state index contributed by atoms with van der Waals surface area (Å²) in [5.41, 5.74) is 2.21. The van der Waals surface area contributed by atoms with Crippen molar-refractivity contribution in [2.75, 3.05) is 0 Å². The average molecular weight is 276 g/mol. The van der Waals surface area contributed by atoms with Crippen molar-refractivity contribution >= 4 is 16.3 Å². The Labute approximate surface area is 112 Å². The van der Waals surface area contributed by atoms with E-state index in [1.54, 1.807) is 11.3 Å². The second kappa shape index (κ2) is 3.87. The quantitative estimate of drug-likeness (QED) is 0.660. The van der Waals surface area contributed by atoms with Crippen LogP contribution in [0.3, 0.4) is 0 Å². The Hall–Kier alpha value is -1.75. The molecule has 4 rings (SSSR count). The summed E-state index contributed by atoms with van der Waals surface area (Å²) in [7, 11) is 0. The molecule has 0 amide bonds. The fourth-order valence-electron chi connectivity index (χ4n) is 2.63. The normalized spacial score (nSPS) is 14.2. The maximum atomic E-state index is 13.8. The second-order valence-corrected chi connectivity index (χ2v) is 5.79. The molecule has 2 aromatic heterocycles. The van der Waals surface area contributed by atoms with Crippen molar-refractivity contribution in [3.05, 3.63) is 46.6 Å². The number of rotatable bonds is 1. The Morgan fingerprint density at radius 1 is 1.21 bits per heavy atom. The van der Waals surface area contributed by atoms with E-state index < -0.39 is 11.6 Å². The predicted molar refractivity (Wildman–Crippen MR) is 70.4 cm³/mol. The van der Waals surface area contributed by atoms with Crippen LogP contribution in [0.4, 0.5) is 8.78 Å². The molecule has 1 aromatic carbocycles. The van der Waals surface area contributed by atoms with Gasteiger partial charge in [-0.3, -0.25) is 4.40 Å². The Morgan fingerprint density at radius 2 is 2.11 bits per heavy atom. The Balaban J connectivity index is 1.89. The zero-order valence-electron chi connectivity index (χ0n) is 9.99. The van der Waals surface area contributed by atoms with Crippen molar-refractivity contribution in [2.45, 2.75) is 19.3 Å². The van der Waals surface area contributed by atoms with Gasteiger partial charge in [-0.25, -0.2) is 13.8 Å². The van der Waals surface area contributed by atoms with Crippen LogP contribution in [-0.2, 0) is 12.8 Å². The van der Waals surface area contributed by atoms with Gasteiger partial charge in [0.25, 0.3) is 0 Å². The SMILES string of the molecule is Fc1ccc(-c2cn3c4c(sc3n2)CCC4)c(F)c1. The van der Waals surface area contributed by atoms with Gasteiger partial charge in [0.05, 0.1) is 5.69 Å². The van der Waals surface area contributed by atoms with Crippen LogP contribution < -0.4 is 0 Å². The lowest BCUT2D eigenvalue weighted by Crippen LogP contribution is -1.87. The van der Waals surface area contributed by atoms with Gasteiger partial charge >= 0.3 is 0 Å². The summed E-state index contributed by atoms with van der Waals surface area (Å²) >= 11 is 1.67. The molecule has 1 aliphatic rings. The lowest BCUT2D eigenvalue weighted by molar-refractivity contribution is 0.585. The van der Waals surface area contributed by atoms with Crippen molar-refractivity contribution in [1.29, 1.82) is 0 Å². The number of thiazole rings is 1. The van der Waals surface area contributed by atoms with Crippen LogP contribution >= 0.6 is 11.3 Å². The molecule has 5 heteroatoms. The maximum Gasteiger partial charge on any atom is 0.194 e. The van der Waals surface area contributed by atoms with Gasteiger partial charge in [-0.1, -0.05) is 0 Å². The molecule has 0 N–H and O–H groups in total. The minimum Gasteiger partial charge on any atom is -0.294 e. The van der Waals surface area contributed by atoms with Crippen LogP contribution in [0, 0.1) is 11.6 Å². The average Bonchev–Trinajstić information content (AvgIpc) is 2.99. The van der Waals surface area contributed by atoms with Gasteiger partial charge in [0, 0.05) is 28.4 Å². The highest BCUT2D eigenvalue weighted by Gasteiger charge is 2.20. The summed E-state index contributed by atoms with van der Waals surface area (Å²) in [5, 5.41) is 0. The summed E-state index contributed by atoms with van der Waals surface area (Å²) in [6.07, 6.45) is 5.20. The summed E-state index contributed by atoms with van der Waals surface area (Å²) in [4.78, 5) is 6.73. The summed E-state index contributed by atoms with van der Waals surface area (Å²) in [6, 6.07) is 3.60. The molecule has 19 heavy (non-hydrogen) atoms. The minimum atomic E-state index is -0.567. The van der Waals surface area contributed by atoms with Crippen molar-refractivity contribution in [1.82, 2.24) is 9.38 Å². The van der Waals surface area contributed by atoms with E-state index in [4.69, 9.17) is 0 Å². The van der Waals surface area contributed by atoms with Crippen LogP contribution in [0.2, 0.25) is 0 Å². The molecule has 2 heterocycles. The van der Waals surface area contributed by atoms with Crippen LogP contribution in [0.25, 0.3) is 16.2 Å². The largest absolute Gasteiger partial charge is 0.294 e. The van der Waals surface area contributed by atoms with Crippen LogP contribution in [0.15, 0.2) is 24.4 Å². The summed E-state index contributed by atoms with van der Waals surface area (Å²) < 4.78 is 28.7. The molecular formula is C14H10F2N2S. The topological polar surface area (TPSA) is 17.3 Å². The van der Waals surface area contributed by atoms with Gasteiger partial charge in [-0.05, 0) is 31.4 Å². The van der Waals surface area contributed by atoms with Gasteiger partial charge in [0.15, 0.2) is 4.96 Å². The number of aromatic nitrogens is 2. The first-order chi connectivity index (χ1) is 9.22. The van der Waals surface area contributed by atoms with E-state index in [0.717, 1.165) is 23.9 Å². The molecule has 0 spiro atoms. The van der Waals surface area contributed by atoms with Gasteiger partial charge in [0.2, 0.25) is 0 Å². The lowest BCUT2D eigenvalue weighted by atomic mass is 10.1. The standard InChI is InChI=1S/C14H10F2N2S/c15-8-4-5-9(10(16)6-8)11-7-18-12-2-1-3-13(12)19-14(18)17-11/h4-7H,1-3H2. The Bertz CT molecular complexity index is 788. The first kappa shape index (κ1) is 11.1. The molecule has 3 aromatic rings. The van der Waals surface area contributed by atoms with Gasteiger partial charge in [-0.2, -0.15) is 0 Å². The van der Waals surface area contributed by atoms with Crippen molar-refractivity contribution in [3.8, 4) is 11.3 Å². The monoisotopic (exact) mass is 276 g/mol. The highest BCUT2D eigenvalue weighted by atomic mass is 32.1. The van der Waals surface area contributed by atoms with Crippen LogP contribution in [-0.4, -0.2) is 9.38 Å². The first-order valence-electron chi connectivity index (χ1n) is 6.17. The number of halogens is 2. The van der Waals surface area contributed by atoms with Crippen molar-refractivity contribution < 1.29 is 8.78 Å². The molecular weight excluding hydrogens is 266 g/mol. The molecule has 96 valence electrons. The number of aryl methyl sites for hydroxylation is 2. The third-order valence-corrected chi connectivity index (χ3v) is 4.68. The fraction of sp³-hybridized carbons (Fsp3) is 0.214. The van der Waals surface area contributed by atoms with E-state index in [-0.39, 0.29) is 0 Å². The molecule has 0 fully saturated rings. The van der Waals surface area contributed by atoms with E-state index in [2.05, 4.69) is 4.98 Å². The molecule has 0 radical (unpaired) electrons. The second-order valence-electron chi connectivity index (χ2n) is 4.73. The fourth-order valence-corrected chi connectivity index (χ4v) is 3.82. The number of fused-ring (bicyclic) bond motifs is 3. The van der Waals surface area contributed by atoms with E-state index in [0.29, 0.717) is 11.3 Å². The highest BCUT2D eigenvalue weighted by molar-refractivity contribution is 7.17.